The lowest BCUT2D eigenvalue weighted by molar-refractivity contribution is 0.00248. The molecule has 0 radical (unpaired) electrons. The predicted octanol–water partition coefficient (Wildman–Crippen LogP) is 3.32. The van der Waals surface area contributed by atoms with Gasteiger partial charge >= 0.3 is 0 Å². The molecule has 10 nitrogen and oxygen atoms in total. The van der Waals surface area contributed by atoms with Crippen LogP contribution in [0.1, 0.15) is 5.56 Å². The third-order valence-electron chi connectivity index (χ3n) is 5.38. The van der Waals surface area contributed by atoms with E-state index in [1.165, 1.54) is 0 Å². The summed E-state index contributed by atoms with van der Waals surface area (Å²) in [6.45, 7) is 9.30. The van der Waals surface area contributed by atoms with Gasteiger partial charge in [0.1, 0.15) is 26.4 Å². The Hall–Kier alpha value is -2.60. The van der Waals surface area contributed by atoms with E-state index >= 15 is 0 Å². The molecule has 0 bridgehead atoms. The normalized spacial score (nSPS) is 19.0. The van der Waals surface area contributed by atoms with Gasteiger partial charge in [0.2, 0.25) is 0 Å². The summed E-state index contributed by atoms with van der Waals surface area (Å²) >= 11 is 0. The molecule has 1 aliphatic heterocycles. The molecule has 0 spiro atoms. The minimum Gasteiger partial charge on any atom is -0.487 e. The second-order valence-electron chi connectivity index (χ2n) is 8.47. The number of hydrogen-bond acceptors (Lipinski definition) is 10. The molecule has 10 heteroatoms. The fraction of sp³-hybridized carbons (Fsp3) is 0.586. The van der Waals surface area contributed by atoms with E-state index in [9.17, 15) is 0 Å². The Bertz CT molecular complexity index is 894. The zero-order valence-corrected chi connectivity index (χ0v) is 22.9. The van der Waals surface area contributed by atoms with Crippen LogP contribution in [-0.2, 0) is 28.4 Å². The highest BCUT2D eigenvalue weighted by Crippen LogP contribution is 2.28. The first-order chi connectivity index (χ1) is 19.3. The van der Waals surface area contributed by atoms with Crippen molar-refractivity contribution in [1.82, 2.24) is 0 Å². The van der Waals surface area contributed by atoms with E-state index in [2.05, 4.69) is 0 Å². The molecule has 0 atom stereocenters. The van der Waals surface area contributed by atoms with Gasteiger partial charge in [-0.05, 0) is 36.8 Å². The number of rotatable bonds is 0. The van der Waals surface area contributed by atoms with Crippen LogP contribution in [0.3, 0.4) is 0 Å². The number of fused-ring (bicyclic) bond motifs is 2. The molecule has 218 valence electrons. The number of ether oxygens (including phenoxy) is 10. The lowest BCUT2D eigenvalue weighted by Gasteiger charge is -2.14. The molecular weight excluding hydrogens is 508 g/mol. The fourth-order valence-electron chi connectivity index (χ4n) is 3.46. The molecule has 1 heterocycles. The van der Waals surface area contributed by atoms with Crippen molar-refractivity contribution >= 4 is 0 Å². The molecule has 39 heavy (non-hydrogen) atoms. The number of hydrogen-bond donors (Lipinski definition) is 0. The van der Waals surface area contributed by atoms with Crippen LogP contribution in [0.2, 0.25) is 0 Å². The average molecular weight is 551 g/mol. The average Bonchev–Trinajstić information content (AvgIpc) is 2.95. The fourth-order valence-corrected chi connectivity index (χ4v) is 3.46. The SMILES string of the molecule is Cc1ccc2c(c1)OCCOCCOCCOCCOc1ccccc1OCCOCCOCCOCCO2. The molecule has 0 saturated heterocycles. The Morgan fingerprint density at radius 3 is 1.05 bits per heavy atom. The number of aryl methyl sites for hydroxylation is 1. The largest absolute Gasteiger partial charge is 0.487 e. The van der Waals surface area contributed by atoms with Crippen molar-refractivity contribution in [3.63, 3.8) is 0 Å². The summed E-state index contributed by atoms with van der Waals surface area (Å²) in [5.41, 5.74) is 1.09. The zero-order valence-electron chi connectivity index (χ0n) is 22.9. The summed E-state index contributed by atoms with van der Waals surface area (Å²) in [5, 5.41) is 0. The molecule has 0 amide bonds. The molecule has 0 saturated carbocycles. The van der Waals surface area contributed by atoms with Crippen molar-refractivity contribution in [2.24, 2.45) is 0 Å². The minimum atomic E-state index is 0.411. The smallest absolute Gasteiger partial charge is 0.161 e. The highest BCUT2D eigenvalue weighted by molar-refractivity contribution is 5.42. The third kappa shape index (κ3) is 13.8. The second-order valence-corrected chi connectivity index (χ2v) is 8.47. The predicted molar refractivity (Wildman–Crippen MR) is 145 cm³/mol. The maximum atomic E-state index is 5.88. The van der Waals surface area contributed by atoms with Crippen LogP contribution in [-0.4, -0.2) is 106 Å². The Kier molecular flexibility index (Phi) is 16.1. The topological polar surface area (TPSA) is 92.3 Å². The van der Waals surface area contributed by atoms with Crippen molar-refractivity contribution in [1.29, 1.82) is 0 Å². The Morgan fingerprint density at radius 2 is 0.667 bits per heavy atom. The third-order valence-corrected chi connectivity index (χ3v) is 5.38. The molecule has 3 rings (SSSR count). The summed E-state index contributed by atoms with van der Waals surface area (Å²) in [5.74, 6) is 2.71. The number of para-hydroxylation sites is 2. The van der Waals surface area contributed by atoms with Gasteiger partial charge in [0.15, 0.2) is 23.0 Å². The van der Waals surface area contributed by atoms with E-state index in [0.29, 0.717) is 129 Å². The van der Waals surface area contributed by atoms with E-state index in [-0.39, 0.29) is 0 Å². The number of benzene rings is 2. The Balaban J connectivity index is 1.39. The highest BCUT2D eigenvalue weighted by atomic mass is 16.6. The van der Waals surface area contributed by atoms with Crippen LogP contribution in [0.5, 0.6) is 23.0 Å². The van der Waals surface area contributed by atoms with Crippen molar-refractivity contribution in [2.45, 2.75) is 6.92 Å². The van der Waals surface area contributed by atoms with Gasteiger partial charge in [-0.15, -0.1) is 0 Å². The van der Waals surface area contributed by atoms with Crippen molar-refractivity contribution in [2.75, 3.05) is 106 Å². The molecule has 0 fully saturated rings. The van der Waals surface area contributed by atoms with E-state index in [1.54, 1.807) is 0 Å². The van der Waals surface area contributed by atoms with Crippen molar-refractivity contribution in [3.8, 4) is 23.0 Å². The molecule has 1 aliphatic rings. The van der Waals surface area contributed by atoms with Gasteiger partial charge in [-0.3, -0.25) is 0 Å². The van der Waals surface area contributed by atoms with Gasteiger partial charge < -0.3 is 47.4 Å². The van der Waals surface area contributed by atoms with Gasteiger partial charge in [0, 0.05) is 0 Å². The molecule has 0 aliphatic carbocycles. The lowest BCUT2D eigenvalue weighted by atomic mass is 10.2. The van der Waals surface area contributed by atoms with Crippen LogP contribution in [0.25, 0.3) is 0 Å². The molecule has 0 N–H and O–H groups in total. The molecule has 0 aromatic heterocycles. The maximum Gasteiger partial charge on any atom is 0.161 e. The van der Waals surface area contributed by atoms with Gasteiger partial charge in [0.05, 0.1) is 79.3 Å². The van der Waals surface area contributed by atoms with Crippen LogP contribution in [0, 0.1) is 6.92 Å². The highest BCUT2D eigenvalue weighted by Gasteiger charge is 2.07. The zero-order chi connectivity index (χ0) is 27.2. The van der Waals surface area contributed by atoms with E-state index in [0.717, 1.165) is 5.56 Å². The molecular formula is C29H42O10. The van der Waals surface area contributed by atoms with Crippen LogP contribution in [0.15, 0.2) is 42.5 Å². The van der Waals surface area contributed by atoms with E-state index in [1.807, 2.05) is 49.4 Å². The van der Waals surface area contributed by atoms with Crippen LogP contribution >= 0.6 is 0 Å². The second kappa shape index (κ2) is 20.3. The van der Waals surface area contributed by atoms with E-state index in [4.69, 9.17) is 47.4 Å². The van der Waals surface area contributed by atoms with Gasteiger partial charge in [0.25, 0.3) is 0 Å². The molecule has 0 unspecified atom stereocenters. The summed E-state index contributed by atoms with van der Waals surface area (Å²) in [6.07, 6.45) is 0. The quantitative estimate of drug-likeness (QED) is 0.486. The van der Waals surface area contributed by atoms with Crippen LogP contribution < -0.4 is 18.9 Å². The van der Waals surface area contributed by atoms with Crippen molar-refractivity contribution < 1.29 is 47.4 Å². The first-order valence-corrected chi connectivity index (χ1v) is 13.5. The standard InChI is InChI=1S/C29H42O10/c1-25-6-7-28-29(24-25)39-23-19-35-15-11-31-9-13-33-17-21-37-27-5-3-2-4-26(27)36-20-16-32-12-8-30-10-14-34-18-22-38-28/h2-7,24H,8-23H2,1H3. The minimum absolute atomic E-state index is 0.411. The first-order valence-electron chi connectivity index (χ1n) is 13.5. The van der Waals surface area contributed by atoms with Crippen molar-refractivity contribution in [3.05, 3.63) is 48.0 Å². The van der Waals surface area contributed by atoms with Gasteiger partial charge in [-0.2, -0.15) is 0 Å². The first kappa shape index (κ1) is 30.9. The van der Waals surface area contributed by atoms with Gasteiger partial charge in [-0.25, -0.2) is 0 Å². The Labute approximate surface area is 231 Å². The summed E-state index contributed by atoms with van der Waals surface area (Å²) in [6, 6.07) is 13.4. The summed E-state index contributed by atoms with van der Waals surface area (Å²) in [7, 11) is 0. The monoisotopic (exact) mass is 550 g/mol. The maximum absolute atomic E-state index is 5.88. The lowest BCUT2D eigenvalue weighted by Crippen LogP contribution is -2.15. The Morgan fingerprint density at radius 1 is 0.359 bits per heavy atom. The molecule has 2 aromatic rings. The van der Waals surface area contributed by atoms with E-state index < -0.39 is 0 Å². The summed E-state index contributed by atoms with van der Waals surface area (Å²) in [4.78, 5) is 0. The molecule has 2 aromatic carbocycles. The van der Waals surface area contributed by atoms with Gasteiger partial charge in [-0.1, -0.05) is 18.2 Å². The van der Waals surface area contributed by atoms with Crippen LogP contribution in [0.4, 0.5) is 0 Å². The summed E-state index contributed by atoms with van der Waals surface area (Å²) < 4.78 is 56.8.